The minimum atomic E-state index is -0.459. The lowest BCUT2D eigenvalue weighted by atomic mass is 10.1. The van der Waals surface area contributed by atoms with E-state index in [1.54, 1.807) is 0 Å². The molecule has 1 aromatic rings. The monoisotopic (exact) mass is 292 g/mol. The topological polar surface area (TPSA) is 33.7 Å². The molecule has 0 saturated carbocycles. The predicted octanol–water partition coefficient (Wildman–Crippen LogP) is 3.09. The highest BCUT2D eigenvalue weighted by Gasteiger charge is 2.28. The first kappa shape index (κ1) is 16.3. The number of rotatable bonds is 6. The van der Waals surface area contributed by atoms with Gasteiger partial charge in [-0.2, -0.15) is 0 Å². The van der Waals surface area contributed by atoms with Crippen molar-refractivity contribution in [2.45, 2.75) is 46.1 Å². The summed E-state index contributed by atoms with van der Waals surface area (Å²) in [6.07, 6.45) is 0. The molecular weight excluding hydrogens is 264 g/mol. The Morgan fingerprint density at radius 1 is 1.14 bits per heavy atom. The molecule has 21 heavy (non-hydrogen) atoms. The van der Waals surface area contributed by atoms with Crippen molar-refractivity contribution >= 4 is 5.69 Å². The molecule has 0 unspecified atom stereocenters. The van der Waals surface area contributed by atoms with Crippen LogP contribution in [0.3, 0.4) is 0 Å². The third-order valence-corrected chi connectivity index (χ3v) is 3.93. The van der Waals surface area contributed by atoms with Gasteiger partial charge in [0.05, 0.1) is 19.3 Å². The summed E-state index contributed by atoms with van der Waals surface area (Å²) in [5.41, 5.74) is 2.51. The van der Waals surface area contributed by atoms with Gasteiger partial charge in [-0.15, -0.1) is 0 Å². The lowest BCUT2D eigenvalue weighted by Gasteiger charge is -2.36. The van der Waals surface area contributed by atoms with Crippen LogP contribution in [0.15, 0.2) is 24.3 Å². The highest BCUT2D eigenvalue weighted by molar-refractivity contribution is 5.51. The molecule has 0 spiro atoms. The number of ether oxygens (including phenoxy) is 2. The van der Waals surface area contributed by atoms with E-state index in [0.717, 1.165) is 19.6 Å². The molecule has 118 valence electrons. The number of anilines is 1. The largest absolute Gasteiger partial charge is 0.377 e. The molecule has 0 aromatic heterocycles. The Morgan fingerprint density at radius 3 is 2.38 bits per heavy atom. The Labute approximate surface area is 128 Å². The summed E-state index contributed by atoms with van der Waals surface area (Å²) in [6, 6.07) is 8.70. The second-order valence-corrected chi connectivity index (χ2v) is 5.98. The molecular formula is C17H28N2O2. The van der Waals surface area contributed by atoms with Gasteiger partial charge in [0.25, 0.3) is 0 Å². The van der Waals surface area contributed by atoms with Crippen molar-refractivity contribution in [2.24, 2.45) is 0 Å². The van der Waals surface area contributed by atoms with Crippen LogP contribution >= 0.6 is 0 Å². The molecule has 1 aliphatic heterocycles. The second kappa shape index (κ2) is 7.25. The molecule has 1 aliphatic rings. The Bertz CT molecular complexity index is 434. The van der Waals surface area contributed by atoms with Gasteiger partial charge < -0.3 is 14.8 Å². The predicted molar refractivity (Wildman–Crippen MR) is 86.5 cm³/mol. The van der Waals surface area contributed by atoms with Crippen molar-refractivity contribution in [2.75, 3.05) is 31.6 Å². The van der Waals surface area contributed by atoms with Gasteiger partial charge in [0.15, 0.2) is 5.79 Å². The van der Waals surface area contributed by atoms with Crippen LogP contribution in [0.5, 0.6) is 0 Å². The number of hydrogen-bond donors (Lipinski definition) is 1. The molecule has 1 N–H and O–H groups in total. The van der Waals surface area contributed by atoms with Crippen molar-refractivity contribution in [3.8, 4) is 0 Å². The van der Waals surface area contributed by atoms with E-state index >= 15 is 0 Å². The Hall–Kier alpha value is -1.10. The summed E-state index contributed by atoms with van der Waals surface area (Å²) in [5.74, 6) is -0.459. The lowest BCUT2D eigenvalue weighted by Crippen LogP contribution is -2.45. The Balaban J connectivity index is 2.00. The Kier molecular flexibility index (Phi) is 5.62. The third kappa shape index (κ3) is 4.70. The van der Waals surface area contributed by atoms with Crippen LogP contribution in [0.2, 0.25) is 0 Å². The minimum absolute atomic E-state index is 0.205. The second-order valence-electron chi connectivity index (χ2n) is 5.98. The molecule has 1 fully saturated rings. The molecule has 0 atom stereocenters. The van der Waals surface area contributed by atoms with E-state index in [9.17, 15) is 0 Å². The maximum atomic E-state index is 5.72. The molecule has 0 bridgehead atoms. The van der Waals surface area contributed by atoms with Crippen molar-refractivity contribution in [1.82, 2.24) is 4.90 Å². The van der Waals surface area contributed by atoms with Gasteiger partial charge >= 0.3 is 0 Å². The molecule has 1 aromatic carbocycles. The SMILES string of the molecule is CCN(CC)Cc1ccccc1NC1COC(C)(C)OC1. The molecule has 2 rings (SSSR count). The van der Waals surface area contributed by atoms with Crippen molar-refractivity contribution in [3.63, 3.8) is 0 Å². The van der Waals surface area contributed by atoms with Crippen molar-refractivity contribution < 1.29 is 9.47 Å². The normalized spacial score (nSPS) is 18.9. The first-order chi connectivity index (χ1) is 10.0. The van der Waals surface area contributed by atoms with E-state index in [2.05, 4.69) is 48.3 Å². The van der Waals surface area contributed by atoms with E-state index in [-0.39, 0.29) is 6.04 Å². The number of para-hydroxylation sites is 1. The maximum Gasteiger partial charge on any atom is 0.162 e. The van der Waals surface area contributed by atoms with Gasteiger partial charge in [-0.25, -0.2) is 0 Å². The summed E-state index contributed by atoms with van der Waals surface area (Å²) < 4.78 is 11.4. The first-order valence-corrected chi connectivity index (χ1v) is 7.88. The zero-order valence-corrected chi connectivity index (χ0v) is 13.7. The van der Waals surface area contributed by atoms with Gasteiger partial charge in [0, 0.05) is 12.2 Å². The summed E-state index contributed by atoms with van der Waals surface area (Å²) >= 11 is 0. The summed E-state index contributed by atoms with van der Waals surface area (Å²) in [7, 11) is 0. The molecule has 1 heterocycles. The number of nitrogens with zero attached hydrogens (tertiary/aromatic N) is 1. The van der Waals surface area contributed by atoms with Gasteiger partial charge in [-0.3, -0.25) is 4.90 Å². The molecule has 0 aliphatic carbocycles. The van der Waals surface area contributed by atoms with Crippen molar-refractivity contribution in [1.29, 1.82) is 0 Å². The summed E-state index contributed by atoms with van der Waals surface area (Å²) in [6.45, 7) is 12.8. The lowest BCUT2D eigenvalue weighted by molar-refractivity contribution is -0.247. The summed E-state index contributed by atoms with van der Waals surface area (Å²) in [5, 5.41) is 3.56. The minimum Gasteiger partial charge on any atom is -0.377 e. The highest BCUT2D eigenvalue weighted by atomic mass is 16.7. The molecule has 0 amide bonds. The third-order valence-electron chi connectivity index (χ3n) is 3.93. The number of hydrogen-bond acceptors (Lipinski definition) is 4. The quantitative estimate of drug-likeness (QED) is 0.873. The number of nitrogens with one attached hydrogen (secondary N) is 1. The fourth-order valence-electron chi connectivity index (χ4n) is 2.48. The van der Waals surface area contributed by atoms with Crippen LogP contribution in [-0.2, 0) is 16.0 Å². The summed E-state index contributed by atoms with van der Waals surface area (Å²) in [4.78, 5) is 2.41. The van der Waals surface area contributed by atoms with E-state index < -0.39 is 5.79 Å². The van der Waals surface area contributed by atoms with Gasteiger partial charge in [0.2, 0.25) is 0 Å². The van der Waals surface area contributed by atoms with E-state index in [1.807, 2.05) is 13.8 Å². The average Bonchev–Trinajstić information content (AvgIpc) is 2.48. The Morgan fingerprint density at radius 2 is 1.76 bits per heavy atom. The van der Waals surface area contributed by atoms with E-state index in [4.69, 9.17) is 9.47 Å². The maximum absolute atomic E-state index is 5.72. The molecule has 0 radical (unpaired) electrons. The van der Waals surface area contributed by atoms with Crippen LogP contribution in [0, 0.1) is 0 Å². The van der Waals surface area contributed by atoms with Crippen LogP contribution in [0.25, 0.3) is 0 Å². The van der Waals surface area contributed by atoms with E-state index in [1.165, 1.54) is 11.3 Å². The molecule has 1 saturated heterocycles. The first-order valence-electron chi connectivity index (χ1n) is 7.88. The number of benzene rings is 1. The van der Waals surface area contributed by atoms with Crippen LogP contribution in [0.4, 0.5) is 5.69 Å². The smallest absolute Gasteiger partial charge is 0.162 e. The van der Waals surface area contributed by atoms with Gasteiger partial charge in [-0.05, 0) is 38.6 Å². The fraction of sp³-hybridized carbons (Fsp3) is 0.647. The molecule has 4 nitrogen and oxygen atoms in total. The molecule has 4 heteroatoms. The highest BCUT2D eigenvalue weighted by Crippen LogP contribution is 2.22. The standard InChI is InChI=1S/C17H28N2O2/c1-5-19(6-2)11-14-9-7-8-10-16(14)18-15-12-20-17(3,4)21-13-15/h7-10,15,18H,5-6,11-13H2,1-4H3. The van der Waals surface area contributed by atoms with Crippen molar-refractivity contribution in [3.05, 3.63) is 29.8 Å². The zero-order chi connectivity index (χ0) is 15.3. The van der Waals surface area contributed by atoms with Gasteiger partial charge in [-0.1, -0.05) is 32.0 Å². The zero-order valence-electron chi connectivity index (χ0n) is 13.7. The van der Waals surface area contributed by atoms with E-state index in [0.29, 0.717) is 13.2 Å². The van der Waals surface area contributed by atoms with Crippen LogP contribution in [-0.4, -0.2) is 43.0 Å². The van der Waals surface area contributed by atoms with Crippen LogP contribution < -0.4 is 5.32 Å². The van der Waals surface area contributed by atoms with Gasteiger partial charge in [0.1, 0.15) is 0 Å². The average molecular weight is 292 g/mol. The van der Waals surface area contributed by atoms with Crippen LogP contribution in [0.1, 0.15) is 33.3 Å². The fourth-order valence-corrected chi connectivity index (χ4v) is 2.48.